The summed E-state index contributed by atoms with van der Waals surface area (Å²) in [6.45, 7) is 0. The molecule has 1 atom stereocenters. The largest absolute Gasteiger partial charge is 0.204 e. The van der Waals surface area contributed by atoms with E-state index in [0.717, 1.165) is 24.8 Å². The van der Waals surface area contributed by atoms with Gasteiger partial charge in [-0.05, 0) is 48.9 Å². The van der Waals surface area contributed by atoms with Crippen LogP contribution in [0.4, 0.5) is 8.78 Å². The van der Waals surface area contributed by atoms with E-state index < -0.39 is 11.6 Å². The molecule has 2 aromatic rings. The third kappa shape index (κ3) is 4.71. The van der Waals surface area contributed by atoms with E-state index in [4.69, 9.17) is 0 Å². The first-order chi connectivity index (χ1) is 9.65. The fourth-order valence-electron chi connectivity index (χ4n) is 2.20. The molecule has 0 aliphatic carbocycles. The van der Waals surface area contributed by atoms with E-state index in [2.05, 4.69) is 28.1 Å². The van der Waals surface area contributed by atoms with E-state index in [-0.39, 0.29) is 4.83 Å². The van der Waals surface area contributed by atoms with Gasteiger partial charge in [0.1, 0.15) is 0 Å². The molecule has 0 radical (unpaired) electrons. The molecule has 3 heteroatoms. The van der Waals surface area contributed by atoms with Gasteiger partial charge in [0.2, 0.25) is 0 Å². The lowest BCUT2D eigenvalue weighted by Gasteiger charge is -2.10. The lowest BCUT2D eigenvalue weighted by molar-refractivity contribution is 0.506. The molecule has 0 fully saturated rings. The van der Waals surface area contributed by atoms with Gasteiger partial charge in [0, 0.05) is 4.83 Å². The van der Waals surface area contributed by atoms with Gasteiger partial charge in [0.05, 0.1) is 0 Å². The smallest absolute Gasteiger partial charge is 0.159 e. The van der Waals surface area contributed by atoms with E-state index in [0.29, 0.717) is 6.42 Å². The van der Waals surface area contributed by atoms with Crippen molar-refractivity contribution >= 4 is 15.9 Å². The number of hydrogen-bond acceptors (Lipinski definition) is 0. The van der Waals surface area contributed by atoms with Crippen molar-refractivity contribution in [2.24, 2.45) is 0 Å². The van der Waals surface area contributed by atoms with Crippen LogP contribution in [0, 0.1) is 11.6 Å². The fourth-order valence-corrected chi connectivity index (χ4v) is 2.89. The molecular weight excluding hydrogens is 322 g/mol. The number of benzene rings is 2. The van der Waals surface area contributed by atoms with Crippen LogP contribution in [0.1, 0.15) is 24.0 Å². The van der Waals surface area contributed by atoms with Gasteiger partial charge in [0.15, 0.2) is 11.6 Å². The number of rotatable bonds is 6. The molecule has 106 valence electrons. The van der Waals surface area contributed by atoms with Crippen LogP contribution >= 0.6 is 15.9 Å². The van der Waals surface area contributed by atoms with E-state index in [1.807, 2.05) is 18.2 Å². The van der Waals surface area contributed by atoms with E-state index in [9.17, 15) is 8.78 Å². The normalized spacial score (nSPS) is 12.3. The summed E-state index contributed by atoms with van der Waals surface area (Å²) in [7, 11) is 0. The zero-order valence-corrected chi connectivity index (χ0v) is 12.7. The van der Waals surface area contributed by atoms with Crippen molar-refractivity contribution in [3.8, 4) is 0 Å². The molecule has 1 unspecified atom stereocenters. The molecule has 2 aromatic carbocycles. The van der Waals surface area contributed by atoms with Gasteiger partial charge in [-0.2, -0.15) is 0 Å². The van der Waals surface area contributed by atoms with E-state index in [1.54, 1.807) is 6.07 Å². The average Bonchev–Trinajstić information content (AvgIpc) is 2.44. The van der Waals surface area contributed by atoms with Crippen LogP contribution in [0.5, 0.6) is 0 Å². The predicted octanol–water partition coefficient (Wildman–Crippen LogP) is 5.29. The van der Waals surface area contributed by atoms with E-state index >= 15 is 0 Å². The number of alkyl halides is 1. The number of hydrogen-bond donors (Lipinski definition) is 0. The summed E-state index contributed by atoms with van der Waals surface area (Å²) in [5.74, 6) is -1.56. The zero-order chi connectivity index (χ0) is 14.4. The maximum Gasteiger partial charge on any atom is 0.159 e. The first kappa shape index (κ1) is 15.2. The minimum atomic E-state index is -0.788. The Kier molecular flexibility index (Phi) is 5.72. The second-order valence-electron chi connectivity index (χ2n) is 4.93. The molecule has 0 nitrogen and oxygen atoms in total. The molecule has 0 aromatic heterocycles. The standard InChI is InChI=1S/C17H17BrF2/c18-15(8-4-7-13-5-2-1-3-6-13)11-14-9-10-16(19)17(20)12-14/h1-3,5-6,9-10,12,15H,4,7-8,11H2. The molecule has 0 spiro atoms. The molecule has 2 rings (SSSR count). The predicted molar refractivity (Wildman–Crippen MR) is 82.2 cm³/mol. The Balaban J connectivity index is 1.77. The molecule has 0 saturated carbocycles. The second-order valence-corrected chi connectivity index (χ2v) is 6.22. The monoisotopic (exact) mass is 338 g/mol. The minimum Gasteiger partial charge on any atom is -0.204 e. The molecule has 0 saturated heterocycles. The van der Waals surface area contributed by atoms with Gasteiger partial charge >= 0.3 is 0 Å². The highest BCUT2D eigenvalue weighted by atomic mass is 79.9. The zero-order valence-electron chi connectivity index (χ0n) is 11.2. The minimum absolute atomic E-state index is 0.288. The Hall–Kier alpha value is -1.22. The molecule has 0 aliphatic rings. The Labute approximate surface area is 127 Å². The van der Waals surface area contributed by atoms with Gasteiger partial charge in [-0.1, -0.05) is 52.3 Å². The second kappa shape index (κ2) is 7.53. The summed E-state index contributed by atoms with van der Waals surface area (Å²) in [5.41, 5.74) is 2.16. The summed E-state index contributed by atoms with van der Waals surface area (Å²) >= 11 is 3.62. The summed E-state index contributed by atoms with van der Waals surface area (Å²) in [4.78, 5) is 0.288. The topological polar surface area (TPSA) is 0 Å². The van der Waals surface area contributed by atoms with Gasteiger partial charge in [0.25, 0.3) is 0 Å². The summed E-state index contributed by atoms with van der Waals surface area (Å²) in [6.07, 6.45) is 3.84. The Morgan fingerprint density at radius 1 is 0.900 bits per heavy atom. The van der Waals surface area contributed by atoms with Gasteiger partial charge in [-0.15, -0.1) is 0 Å². The highest BCUT2D eigenvalue weighted by Gasteiger charge is 2.08. The van der Waals surface area contributed by atoms with Crippen molar-refractivity contribution in [1.29, 1.82) is 0 Å². The van der Waals surface area contributed by atoms with E-state index in [1.165, 1.54) is 17.7 Å². The fraction of sp³-hybridized carbons (Fsp3) is 0.294. The average molecular weight is 339 g/mol. The third-order valence-corrected chi connectivity index (χ3v) is 4.05. The molecule has 20 heavy (non-hydrogen) atoms. The molecule has 0 bridgehead atoms. The van der Waals surface area contributed by atoms with Crippen LogP contribution in [0.15, 0.2) is 48.5 Å². The molecule has 0 amide bonds. The van der Waals surface area contributed by atoms with Crippen molar-refractivity contribution < 1.29 is 8.78 Å². The quantitative estimate of drug-likeness (QED) is 0.627. The van der Waals surface area contributed by atoms with Gasteiger partial charge < -0.3 is 0 Å². The van der Waals surface area contributed by atoms with Crippen LogP contribution in [0.3, 0.4) is 0 Å². The van der Waals surface area contributed by atoms with Crippen molar-refractivity contribution in [1.82, 2.24) is 0 Å². The van der Waals surface area contributed by atoms with Crippen LogP contribution in [0.25, 0.3) is 0 Å². The van der Waals surface area contributed by atoms with Crippen LogP contribution in [-0.4, -0.2) is 4.83 Å². The highest BCUT2D eigenvalue weighted by Crippen LogP contribution is 2.18. The summed E-state index contributed by atoms with van der Waals surface area (Å²) in [6, 6.07) is 14.5. The Morgan fingerprint density at radius 3 is 2.35 bits per heavy atom. The Bertz CT molecular complexity index is 540. The highest BCUT2D eigenvalue weighted by molar-refractivity contribution is 9.09. The first-order valence-electron chi connectivity index (χ1n) is 6.77. The van der Waals surface area contributed by atoms with Crippen molar-refractivity contribution in [2.75, 3.05) is 0 Å². The van der Waals surface area contributed by atoms with Crippen LogP contribution < -0.4 is 0 Å². The maximum atomic E-state index is 13.1. The number of halogens is 3. The van der Waals surface area contributed by atoms with Gasteiger partial charge in [-0.3, -0.25) is 0 Å². The number of aryl methyl sites for hydroxylation is 1. The third-order valence-electron chi connectivity index (χ3n) is 3.27. The lowest BCUT2D eigenvalue weighted by Crippen LogP contribution is -2.04. The van der Waals surface area contributed by atoms with Gasteiger partial charge in [-0.25, -0.2) is 8.78 Å². The molecular formula is C17H17BrF2. The molecule has 0 heterocycles. The van der Waals surface area contributed by atoms with Crippen LogP contribution in [0.2, 0.25) is 0 Å². The summed E-state index contributed by atoms with van der Waals surface area (Å²) < 4.78 is 26.0. The van der Waals surface area contributed by atoms with Crippen LogP contribution in [-0.2, 0) is 12.8 Å². The SMILES string of the molecule is Fc1ccc(CC(Br)CCCc2ccccc2)cc1F. The maximum absolute atomic E-state index is 13.1. The van der Waals surface area contributed by atoms with Crippen molar-refractivity contribution in [3.63, 3.8) is 0 Å². The lowest BCUT2D eigenvalue weighted by atomic mass is 10.0. The summed E-state index contributed by atoms with van der Waals surface area (Å²) in [5, 5.41) is 0. The molecule has 0 N–H and O–H groups in total. The van der Waals surface area contributed by atoms with Crippen molar-refractivity contribution in [3.05, 3.63) is 71.3 Å². The Morgan fingerprint density at radius 2 is 1.65 bits per heavy atom. The molecule has 0 aliphatic heterocycles. The van der Waals surface area contributed by atoms with Crippen molar-refractivity contribution in [2.45, 2.75) is 30.5 Å². The first-order valence-corrected chi connectivity index (χ1v) is 7.68.